The van der Waals surface area contributed by atoms with E-state index < -0.39 is 47.0 Å². The normalized spacial score (nSPS) is 19.8. The minimum absolute atomic E-state index is 0.0737. The second-order valence-electron chi connectivity index (χ2n) is 6.81. The summed E-state index contributed by atoms with van der Waals surface area (Å²) < 4.78 is 64.8. The molecule has 1 aliphatic rings. The molecule has 0 saturated carbocycles. The van der Waals surface area contributed by atoms with Crippen LogP contribution in [0.25, 0.3) is 0 Å². The average molecular weight is 412 g/mol. The number of nitriles is 1. The molecule has 2 rings (SSSR count). The van der Waals surface area contributed by atoms with E-state index in [9.17, 15) is 27.6 Å². The molecule has 9 heteroatoms. The monoisotopic (exact) mass is 412 g/mol. The molecule has 2 unspecified atom stereocenters. The number of hydrogen-bond donors (Lipinski definition) is 0. The summed E-state index contributed by atoms with van der Waals surface area (Å²) in [7, 11) is 1.34. The molecule has 1 aliphatic heterocycles. The number of aliphatic imine (C=N–C) groups is 1. The Bertz CT molecular complexity index is 898. The molecule has 0 radical (unpaired) electrons. The molecule has 1 heterocycles. The highest BCUT2D eigenvalue weighted by Gasteiger charge is 2.44. The first-order valence-electron chi connectivity index (χ1n) is 8.75. The lowest BCUT2D eigenvalue weighted by molar-refractivity contribution is -0.144. The van der Waals surface area contributed by atoms with Gasteiger partial charge in [0.2, 0.25) is 0 Å². The van der Waals surface area contributed by atoms with Crippen LogP contribution >= 0.6 is 0 Å². The van der Waals surface area contributed by atoms with Crippen LogP contribution in [0.4, 0.5) is 17.6 Å². The SMILES string of the molecule is COCC1=C(C(=O)OC(C)C)C(c2ccc(F)cc2C(F)(F)F)C(C#N)C(C)=N1. The topological polar surface area (TPSA) is 71.7 Å². The zero-order valence-corrected chi connectivity index (χ0v) is 16.3. The van der Waals surface area contributed by atoms with Crippen LogP contribution in [0.5, 0.6) is 0 Å². The van der Waals surface area contributed by atoms with Gasteiger partial charge in [-0.15, -0.1) is 0 Å². The van der Waals surface area contributed by atoms with Gasteiger partial charge in [-0.1, -0.05) is 6.07 Å². The van der Waals surface area contributed by atoms with Crippen molar-refractivity contribution in [2.24, 2.45) is 10.9 Å². The van der Waals surface area contributed by atoms with Gasteiger partial charge in [0.05, 0.1) is 41.5 Å². The molecule has 156 valence electrons. The Morgan fingerprint density at radius 2 is 2.00 bits per heavy atom. The zero-order valence-electron chi connectivity index (χ0n) is 16.3. The van der Waals surface area contributed by atoms with Gasteiger partial charge in [-0.3, -0.25) is 4.99 Å². The van der Waals surface area contributed by atoms with Gasteiger partial charge in [0.1, 0.15) is 5.82 Å². The lowest BCUT2D eigenvalue weighted by Gasteiger charge is -2.31. The Morgan fingerprint density at radius 1 is 1.34 bits per heavy atom. The zero-order chi connectivity index (χ0) is 21.9. The van der Waals surface area contributed by atoms with Crippen molar-refractivity contribution in [3.63, 3.8) is 0 Å². The maximum Gasteiger partial charge on any atom is 0.416 e. The van der Waals surface area contributed by atoms with Crippen molar-refractivity contribution in [1.29, 1.82) is 5.26 Å². The smallest absolute Gasteiger partial charge is 0.416 e. The maximum atomic E-state index is 13.7. The van der Waals surface area contributed by atoms with E-state index in [0.29, 0.717) is 6.07 Å². The van der Waals surface area contributed by atoms with Crippen LogP contribution in [0.1, 0.15) is 37.8 Å². The van der Waals surface area contributed by atoms with E-state index >= 15 is 0 Å². The first kappa shape index (κ1) is 22.6. The first-order chi connectivity index (χ1) is 13.5. The largest absolute Gasteiger partial charge is 0.460 e. The molecule has 0 N–H and O–H groups in total. The molecule has 0 aromatic heterocycles. The number of hydrogen-bond acceptors (Lipinski definition) is 5. The van der Waals surface area contributed by atoms with Crippen LogP contribution in [0.2, 0.25) is 0 Å². The molecule has 1 aromatic carbocycles. The van der Waals surface area contributed by atoms with Crippen molar-refractivity contribution in [1.82, 2.24) is 0 Å². The van der Waals surface area contributed by atoms with Gasteiger partial charge in [0.15, 0.2) is 0 Å². The highest BCUT2D eigenvalue weighted by Crippen LogP contribution is 2.44. The Hall–Kier alpha value is -2.73. The van der Waals surface area contributed by atoms with E-state index in [1.165, 1.54) is 14.0 Å². The first-order valence-corrected chi connectivity index (χ1v) is 8.75. The Labute approximate surface area is 165 Å². The summed E-state index contributed by atoms with van der Waals surface area (Å²) in [6, 6.07) is 4.08. The minimum atomic E-state index is -4.89. The highest BCUT2D eigenvalue weighted by molar-refractivity contribution is 5.98. The Kier molecular flexibility index (Phi) is 6.80. The third kappa shape index (κ3) is 4.82. The van der Waals surface area contributed by atoms with Crippen molar-refractivity contribution in [3.05, 3.63) is 46.4 Å². The van der Waals surface area contributed by atoms with E-state index in [4.69, 9.17) is 9.47 Å². The van der Waals surface area contributed by atoms with Gasteiger partial charge in [0, 0.05) is 18.7 Å². The van der Waals surface area contributed by atoms with Crippen molar-refractivity contribution in [2.75, 3.05) is 13.7 Å². The Balaban J connectivity index is 2.82. The lowest BCUT2D eigenvalue weighted by Crippen LogP contribution is -2.32. The second kappa shape index (κ2) is 8.74. The van der Waals surface area contributed by atoms with E-state index in [-0.39, 0.29) is 23.6 Å². The lowest BCUT2D eigenvalue weighted by atomic mass is 9.74. The van der Waals surface area contributed by atoms with Crippen LogP contribution in [-0.4, -0.2) is 31.5 Å². The summed E-state index contributed by atoms with van der Waals surface area (Å²) in [5.41, 5.74) is -1.56. The highest BCUT2D eigenvalue weighted by atomic mass is 19.4. The molecule has 0 amide bonds. The number of benzene rings is 1. The van der Waals surface area contributed by atoms with E-state index in [0.717, 1.165) is 12.1 Å². The van der Waals surface area contributed by atoms with Gasteiger partial charge >= 0.3 is 12.1 Å². The number of ether oxygens (including phenoxy) is 2. The van der Waals surface area contributed by atoms with Gasteiger partial charge < -0.3 is 9.47 Å². The van der Waals surface area contributed by atoms with Crippen LogP contribution < -0.4 is 0 Å². The summed E-state index contributed by atoms with van der Waals surface area (Å²) in [6.07, 6.45) is -5.45. The van der Waals surface area contributed by atoms with Crippen molar-refractivity contribution in [2.45, 2.75) is 39.0 Å². The third-order valence-electron chi connectivity index (χ3n) is 4.36. The molecule has 0 saturated heterocycles. The number of carbonyl (C=O) groups excluding carboxylic acids is 1. The molecule has 29 heavy (non-hydrogen) atoms. The third-order valence-corrected chi connectivity index (χ3v) is 4.36. The maximum absolute atomic E-state index is 13.7. The number of esters is 1. The van der Waals surface area contributed by atoms with Crippen molar-refractivity contribution < 1.29 is 31.8 Å². The number of nitrogens with zero attached hydrogens (tertiary/aromatic N) is 2. The van der Waals surface area contributed by atoms with Gasteiger partial charge in [0.25, 0.3) is 0 Å². The van der Waals surface area contributed by atoms with Crippen LogP contribution in [0, 0.1) is 23.1 Å². The van der Waals surface area contributed by atoms with Gasteiger partial charge in [-0.2, -0.15) is 18.4 Å². The predicted molar refractivity (Wildman–Crippen MR) is 96.5 cm³/mol. The number of methoxy groups -OCH3 is 1. The summed E-state index contributed by atoms with van der Waals surface area (Å²) in [5.74, 6) is -4.49. The standard InChI is InChI=1S/C20H20F4N2O3/c1-10(2)29-19(27)18-16(9-28-4)26-11(3)14(8-25)17(18)13-6-5-12(21)7-15(13)20(22,23)24/h5-7,10,14,17H,9H2,1-4H3. The molecular formula is C20H20F4N2O3. The predicted octanol–water partition coefficient (Wildman–Crippen LogP) is 4.39. The van der Waals surface area contributed by atoms with E-state index in [2.05, 4.69) is 4.99 Å². The number of alkyl halides is 3. The molecule has 2 atom stereocenters. The molecule has 0 fully saturated rings. The quantitative estimate of drug-likeness (QED) is 0.531. The molecule has 0 bridgehead atoms. The fraction of sp³-hybridized carbons (Fsp3) is 0.450. The molecule has 1 aromatic rings. The molecule has 0 spiro atoms. The summed E-state index contributed by atoms with van der Waals surface area (Å²) in [4.78, 5) is 17.0. The van der Waals surface area contributed by atoms with Crippen LogP contribution in [0.15, 0.2) is 34.5 Å². The number of carbonyl (C=O) groups is 1. The van der Waals surface area contributed by atoms with Crippen LogP contribution in [0.3, 0.4) is 0 Å². The van der Waals surface area contributed by atoms with Gasteiger partial charge in [-0.25, -0.2) is 9.18 Å². The minimum Gasteiger partial charge on any atom is -0.460 e. The molecular weight excluding hydrogens is 392 g/mol. The van der Waals surface area contributed by atoms with E-state index in [1.807, 2.05) is 6.07 Å². The Morgan fingerprint density at radius 3 is 2.52 bits per heavy atom. The van der Waals surface area contributed by atoms with Gasteiger partial charge in [-0.05, 0) is 38.5 Å². The second-order valence-corrected chi connectivity index (χ2v) is 6.81. The number of halogens is 4. The average Bonchev–Trinajstić information content (AvgIpc) is 2.60. The van der Waals surface area contributed by atoms with Crippen molar-refractivity contribution in [3.8, 4) is 6.07 Å². The fourth-order valence-corrected chi connectivity index (χ4v) is 3.25. The fourth-order valence-electron chi connectivity index (χ4n) is 3.25. The molecule has 5 nitrogen and oxygen atoms in total. The van der Waals surface area contributed by atoms with Crippen LogP contribution in [-0.2, 0) is 20.4 Å². The van der Waals surface area contributed by atoms with E-state index in [1.54, 1.807) is 13.8 Å². The molecule has 0 aliphatic carbocycles. The summed E-state index contributed by atoms with van der Waals surface area (Å²) in [5, 5.41) is 9.65. The van der Waals surface area contributed by atoms with Crippen molar-refractivity contribution >= 4 is 11.7 Å². The summed E-state index contributed by atoms with van der Waals surface area (Å²) in [6.45, 7) is 4.48. The summed E-state index contributed by atoms with van der Waals surface area (Å²) >= 11 is 0. The number of rotatable bonds is 5.